The Labute approximate surface area is 261 Å². The van der Waals surface area contributed by atoms with E-state index >= 15 is 0 Å². The number of nitrogens with one attached hydrogen (secondary N) is 2. The summed E-state index contributed by atoms with van der Waals surface area (Å²) in [5, 5.41) is 16.6. The summed E-state index contributed by atoms with van der Waals surface area (Å²) in [5.41, 5.74) is -0.864. The standard InChI is InChI=1S/C35H62N2O6/c1-6-7-8-9-10-11-12-16-21-35(22-17-13-18-23-35)32(41)37-28-20-15-14-19-26(28)27(31(39)40)24-36-30(38)29-33(2,3)25-42-34(4,5)43-29/h26-29H,6-25H2,1-5H3,(H,36,38)(H,37,41)(H,39,40). The molecule has 1 saturated heterocycles. The second-order valence-corrected chi connectivity index (χ2v) is 15.0. The summed E-state index contributed by atoms with van der Waals surface area (Å²) in [6, 6.07) is -0.189. The molecule has 3 aliphatic rings. The van der Waals surface area contributed by atoms with E-state index in [1.54, 1.807) is 13.8 Å². The van der Waals surface area contributed by atoms with Gasteiger partial charge in [-0.3, -0.25) is 14.4 Å². The van der Waals surface area contributed by atoms with Crippen LogP contribution in [0.5, 0.6) is 0 Å². The Kier molecular flexibility index (Phi) is 13.8. The van der Waals surface area contributed by atoms with E-state index in [1.165, 1.54) is 51.4 Å². The highest BCUT2D eigenvalue weighted by Gasteiger charge is 2.47. The highest BCUT2D eigenvalue weighted by atomic mass is 16.7. The van der Waals surface area contributed by atoms with Crippen LogP contribution in [0.3, 0.4) is 0 Å². The normalized spacial score (nSPS) is 27.1. The third-order valence-corrected chi connectivity index (χ3v) is 10.4. The van der Waals surface area contributed by atoms with E-state index in [0.29, 0.717) is 6.61 Å². The first-order valence-corrected chi connectivity index (χ1v) is 17.5. The van der Waals surface area contributed by atoms with Crippen LogP contribution in [-0.4, -0.2) is 54.0 Å². The molecule has 1 heterocycles. The summed E-state index contributed by atoms with van der Waals surface area (Å²) in [6.45, 7) is 10.0. The van der Waals surface area contributed by atoms with Crippen LogP contribution in [0.1, 0.15) is 150 Å². The summed E-state index contributed by atoms with van der Waals surface area (Å²) in [6.07, 6.45) is 18.9. The molecule has 3 fully saturated rings. The van der Waals surface area contributed by atoms with E-state index in [-0.39, 0.29) is 35.7 Å². The number of rotatable bonds is 16. The lowest BCUT2D eigenvalue weighted by atomic mass is 9.69. The zero-order chi connectivity index (χ0) is 31.5. The molecule has 2 amide bonds. The van der Waals surface area contributed by atoms with Crippen LogP contribution in [0.4, 0.5) is 0 Å². The minimum atomic E-state index is -0.926. The predicted molar refractivity (Wildman–Crippen MR) is 169 cm³/mol. The lowest BCUT2D eigenvalue weighted by Crippen LogP contribution is -2.58. The van der Waals surface area contributed by atoms with Crippen molar-refractivity contribution in [2.24, 2.45) is 22.7 Å². The number of unbranched alkanes of at least 4 members (excludes halogenated alkanes) is 7. The first kappa shape index (κ1) is 35.8. The Morgan fingerprint density at radius 1 is 0.860 bits per heavy atom. The molecule has 4 atom stereocenters. The van der Waals surface area contributed by atoms with Crippen molar-refractivity contribution >= 4 is 17.8 Å². The predicted octanol–water partition coefficient (Wildman–Crippen LogP) is 7.14. The summed E-state index contributed by atoms with van der Waals surface area (Å²) < 4.78 is 11.7. The van der Waals surface area contributed by atoms with Crippen molar-refractivity contribution in [1.29, 1.82) is 0 Å². The van der Waals surface area contributed by atoms with Crippen LogP contribution >= 0.6 is 0 Å². The zero-order valence-corrected chi connectivity index (χ0v) is 27.9. The van der Waals surface area contributed by atoms with Gasteiger partial charge in [0.2, 0.25) is 11.8 Å². The van der Waals surface area contributed by atoms with E-state index in [4.69, 9.17) is 9.47 Å². The topological polar surface area (TPSA) is 114 Å². The highest BCUT2D eigenvalue weighted by molar-refractivity contribution is 5.84. The summed E-state index contributed by atoms with van der Waals surface area (Å²) in [7, 11) is 0. The largest absolute Gasteiger partial charge is 0.481 e. The smallest absolute Gasteiger partial charge is 0.308 e. The van der Waals surface area contributed by atoms with Crippen molar-refractivity contribution < 1.29 is 29.0 Å². The molecule has 8 heteroatoms. The van der Waals surface area contributed by atoms with Crippen LogP contribution in [0.2, 0.25) is 0 Å². The van der Waals surface area contributed by atoms with Crippen molar-refractivity contribution in [3.63, 3.8) is 0 Å². The van der Waals surface area contributed by atoms with Gasteiger partial charge in [-0.25, -0.2) is 0 Å². The molecule has 248 valence electrons. The minimum absolute atomic E-state index is 0.0197. The fourth-order valence-corrected chi connectivity index (χ4v) is 7.60. The Morgan fingerprint density at radius 3 is 2.14 bits per heavy atom. The zero-order valence-electron chi connectivity index (χ0n) is 27.9. The number of aliphatic carboxylic acids is 1. The number of hydrogen-bond donors (Lipinski definition) is 3. The van der Waals surface area contributed by atoms with Gasteiger partial charge in [-0.05, 0) is 51.9 Å². The van der Waals surface area contributed by atoms with Crippen LogP contribution < -0.4 is 10.6 Å². The van der Waals surface area contributed by atoms with Crippen molar-refractivity contribution in [2.75, 3.05) is 13.2 Å². The number of ether oxygens (including phenoxy) is 2. The number of carbonyl (C=O) groups excluding carboxylic acids is 2. The maximum absolute atomic E-state index is 14.0. The van der Waals surface area contributed by atoms with Gasteiger partial charge < -0.3 is 25.2 Å². The average Bonchev–Trinajstić information content (AvgIpc) is 2.97. The van der Waals surface area contributed by atoms with Gasteiger partial charge >= 0.3 is 5.97 Å². The van der Waals surface area contributed by atoms with Crippen molar-refractivity contribution in [1.82, 2.24) is 10.6 Å². The number of amides is 2. The van der Waals surface area contributed by atoms with E-state index in [9.17, 15) is 19.5 Å². The SMILES string of the molecule is CCCCCCCCCCC1(C(=O)NC2CCCCC2C(CNC(=O)C2OC(C)(C)OCC2(C)C)C(=O)O)CCCCC1. The molecule has 4 unspecified atom stereocenters. The van der Waals surface area contributed by atoms with Gasteiger partial charge in [0.1, 0.15) is 6.10 Å². The van der Waals surface area contributed by atoms with Crippen LogP contribution in [0, 0.1) is 22.7 Å². The van der Waals surface area contributed by atoms with Gasteiger partial charge in [0, 0.05) is 23.4 Å². The molecule has 2 saturated carbocycles. The van der Waals surface area contributed by atoms with E-state index < -0.39 is 29.2 Å². The van der Waals surface area contributed by atoms with Crippen molar-refractivity contribution in [3.8, 4) is 0 Å². The Hall–Kier alpha value is -1.67. The van der Waals surface area contributed by atoms with Crippen molar-refractivity contribution in [3.05, 3.63) is 0 Å². The molecular formula is C35H62N2O6. The molecule has 0 aromatic carbocycles. The van der Waals surface area contributed by atoms with Gasteiger partial charge in [-0.2, -0.15) is 0 Å². The van der Waals surface area contributed by atoms with Crippen LogP contribution in [0.15, 0.2) is 0 Å². The van der Waals surface area contributed by atoms with Crippen LogP contribution in [-0.2, 0) is 23.9 Å². The second-order valence-electron chi connectivity index (χ2n) is 15.0. The van der Waals surface area contributed by atoms with Gasteiger partial charge in [0.05, 0.1) is 12.5 Å². The molecule has 3 rings (SSSR count). The lowest BCUT2D eigenvalue weighted by molar-refractivity contribution is -0.304. The fourth-order valence-electron chi connectivity index (χ4n) is 7.60. The quantitative estimate of drug-likeness (QED) is 0.161. The summed E-state index contributed by atoms with van der Waals surface area (Å²) in [4.78, 5) is 39.9. The molecule has 1 aliphatic heterocycles. The van der Waals surface area contributed by atoms with Gasteiger partial charge in [0.15, 0.2) is 5.79 Å². The summed E-state index contributed by atoms with van der Waals surface area (Å²) >= 11 is 0. The fraction of sp³-hybridized carbons (Fsp3) is 0.914. The molecule has 3 N–H and O–H groups in total. The van der Waals surface area contributed by atoms with Gasteiger partial charge in [-0.15, -0.1) is 0 Å². The molecule has 0 radical (unpaired) electrons. The Bertz CT molecular complexity index is 897. The lowest BCUT2D eigenvalue weighted by Gasteiger charge is -2.45. The second kappa shape index (κ2) is 16.6. The first-order valence-electron chi connectivity index (χ1n) is 17.5. The molecule has 43 heavy (non-hydrogen) atoms. The molecule has 2 aliphatic carbocycles. The molecule has 0 spiro atoms. The number of hydrogen-bond acceptors (Lipinski definition) is 5. The Morgan fingerprint density at radius 2 is 1.49 bits per heavy atom. The number of carbonyl (C=O) groups is 3. The monoisotopic (exact) mass is 606 g/mol. The molecule has 0 bridgehead atoms. The molecule has 8 nitrogen and oxygen atoms in total. The first-order chi connectivity index (χ1) is 20.4. The number of carboxylic acid groups (broad SMARTS) is 1. The van der Waals surface area contributed by atoms with Crippen molar-refractivity contribution in [2.45, 2.75) is 168 Å². The van der Waals surface area contributed by atoms with E-state index in [1.807, 2.05) is 13.8 Å². The molecule has 0 aromatic rings. The maximum Gasteiger partial charge on any atom is 0.308 e. The third-order valence-electron chi connectivity index (χ3n) is 10.4. The summed E-state index contributed by atoms with van der Waals surface area (Å²) in [5.74, 6) is -2.98. The van der Waals surface area contributed by atoms with Gasteiger partial charge in [-0.1, -0.05) is 104 Å². The minimum Gasteiger partial charge on any atom is -0.481 e. The Balaban J connectivity index is 1.61. The third kappa shape index (κ3) is 10.4. The van der Waals surface area contributed by atoms with Crippen LogP contribution in [0.25, 0.3) is 0 Å². The number of carboxylic acids is 1. The van der Waals surface area contributed by atoms with Gasteiger partial charge in [0.25, 0.3) is 0 Å². The van der Waals surface area contributed by atoms with E-state index in [0.717, 1.165) is 64.2 Å². The van der Waals surface area contributed by atoms with E-state index in [2.05, 4.69) is 17.6 Å². The highest BCUT2D eigenvalue weighted by Crippen LogP contribution is 2.42. The average molecular weight is 607 g/mol. The molecule has 0 aromatic heterocycles. The maximum atomic E-state index is 14.0. The molecular weight excluding hydrogens is 544 g/mol.